The van der Waals surface area contributed by atoms with Gasteiger partial charge in [-0.15, -0.1) is 0 Å². The third-order valence-corrected chi connectivity index (χ3v) is 2.98. The lowest BCUT2D eigenvalue weighted by atomic mass is 10.3. The van der Waals surface area contributed by atoms with Crippen molar-refractivity contribution in [2.24, 2.45) is 0 Å². The number of likely N-dealkylation sites (tertiary alicyclic amines) is 1. The normalized spacial score (nSPS) is 18.8. The molecule has 0 spiro atoms. The van der Waals surface area contributed by atoms with E-state index in [1.54, 1.807) is 24.1 Å². The molecule has 5 nitrogen and oxygen atoms in total. The van der Waals surface area contributed by atoms with E-state index in [-0.39, 0.29) is 12.2 Å². The molecule has 2 heterocycles. The molecule has 1 fully saturated rings. The van der Waals surface area contributed by atoms with Gasteiger partial charge in [0.05, 0.1) is 13.2 Å². The fraction of sp³-hybridized carbons (Fsp3) is 0.500. The van der Waals surface area contributed by atoms with Crippen LogP contribution in [0.3, 0.4) is 0 Å². The van der Waals surface area contributed by atoms with Gasteiger partial charge in [0.25, 0.3) is 0 Å². The Balaban J connectivity index is 1.90. The second kappa shape index (κ2) is 5.91. The number of hydrogen-bond acceptors (Lipinski definition) is 4. The van der Waals surface area contributed by atoms with Crippen molar-refractivity contribution in [3.8, 4) is 5.75 Å². The molecule has 1 aliphatic rings. The highest BCUT2D eigenvalue weighted by molar-refractivity contribution is 6.31. The Morgan fingerprint density at radius 3 is 3.22 bits per heavy atom. The van der Waals surface area contributed by atoms with Crippen LogP contribution < -0.4 is 4.74 Å². The molecular weight excluding hydrogens is 256 g/mol. The maximum Gasteiger partial charge on any atom is 0.409 e. The average Bonchev–Trinajstić information content (AvgIpc) is 2.81. The Morgan fingerprint density at radius 2 is 2.50 bits per heavy atom. The van der Waals surface area contributed by atoms with Gasteiger partial charge in [-0.25, -0.2) is 4.79 Å². The molecule has 0 radical (unpaired) electrons. The van der Waals surface area contributed by atoms with E-state index in [1.165, 1.54) is 6.20 Å². The number of hydrogen-bond donors (Lipinski definition) is 0. The number of carbonyl (C=O) groups excluding carboxylic acids is 1. The number of rotatable bonds is 3. The number of carbonyl (C=O) groups is 1. The molecule has 1 aromatic rings. The minimum absolute atomic E-state index is 0.0469. The first-order valence-electron chi connectivity index (χ1n) is 5.88. The van der Waals surface area contributed by atoms with Crippen molar-refractivity contribution in [3.63, 3.8) is 0 Å². The summed E-state index contributed by atoms with van der Waals surface area (Å²) in [4.78, 5) is 17.1. The predicted molar refractivity (Wildman–Crippen MR) is 66.9 cm³/mol. The van der Waals surface area contributed by atoms with E-state index >= 15 is 0 Å². The number of amides is 1. The molecule has 1 aliphatic heterocycles. The monoisotopic (exact) mass is 270 g/mol. The van der Waals surface area contributed by atoms with Gasteiger partial charge in [-0.05, 0) is 6.92 Å². The number of pyridine rings is 1. The van der Waals surface area contributed by atoms with Crippen molar-refractivity contribution in [1.29, 1.82) is 0 Å². The average molecular weight is 271 g/mol. The van der Waals surface area contributed by atoms with Crippen molar-refractivity contribution >= 4 is 17.7 Å². The van der Waals surface area contributed by atoms with Crippen LogP contribution in [0.15, 0.2) is 18.5 Å². The standard InChI is InChI=1S/C12H15ClN2O3/c1-2-17-12(16)15-6-4-9(8-15)18-11-3-5-14-7-10(11)13/h3,5,7,9H,2,4,6,8H2,1H3/t9-/m1/s1. The van der Waals surface area contributed by atoms with Crippen LogP contribution in [0.2, 0.25) is 5.02 Å². The summed E-state index contributed by atoms with van der Waals surface area (Å²) in [6, 6.07) is 1.72. The van der Waals surface area contributed by atoms with Gasteiger partial charge in [-0.1, -0.05) is 11.6 Å². The minimum Gasteiger partial charge on any atom is -0.487 e. The molecule has 1 amide bonds. The van der Waals surface area contributed by atoms with Crippen molar-refractivity contribution in [1.82, 2.24) is 9.88 Å². The zero-order valence-corrected chi connectivity index (χ0v) is 10.9. The highest BCUT2D eigenvalue weighted by Crippen LogP contribution is 2.25. The van der Waals surface area contributed by atoms with Gasteiger partial charge in [0.1, 0.15) is 16.9 Å². The zero-order valence-electron chi connectivity index (χ0n) is 10.1. The molecule has 2 rings (SSSR count). The van der Waals surface area contributed by atoms with E-state index in [2.05, 4.69) is 4.98 Å². The summed E-state index contributed by atoms with van der Waals surface area (Å²) < 4.78 is 10.7. The highest BCUT2D eigenvalue weighted by atomic mass is 35.5. The van der Waals surface area contributed by atoms with Crippen molar-refractivity contribution in [3.05, 3.63) is 23.5 Å². The Bertz CT molecular complexity index is 428. The second-order valence-corrected chi connectivity index (χ2v) is 4.39. The van der Waals surface area contributed by atoms with E-state index in [4.69, 9.17) is 21.1 Å². The Morgan fingerprint density at radius 1 is 1.67 bits per heavy atom. The smallest absolute Gasteiger partial charge is 0.409 e. The molecule has 1 aromatic heterocycles. The van der Waals surface area contributed by atoms with Crippen LogP contribution in [0.25, 0.3) is 0 Å². The second-order valence-electron chi connectivity index (χ2n) is 3.98. The molecule has 1 atom stereocenters. The summed E-state index contributed by atoms with van der Waals surface area (Å²) in [6.45, 7) is 3.35. The van der Waals surface area contributed by atoms with Crippen LogP contribution in [0, 0.1) is 0 Å². The van der Waals surface area contributed by atoms with Crippen LogP contribution in [-0.4, -0.2) is 41.8 Å². The van der Waals surface area contributed by atoms with Gasteiger partial charge >= 0.3 is 6.09 Å². The SMILES string of the molecule is CCOC(=O)N1CC[C@@H](Oc2ccncc2Cl)C1. The quantitative estimate of drug-likeness (QED) is 0.846. The molecule has 0 unspecified atom stereocenters. The Hall–Kier alpha value is -1.49. The summed E-state index contributed by atoms with van der Waals surface area (Å²) in [6.07, 6.45) is 3.60. The van der Waals surface area contributed by atoms with Crippen LogP contribution in [0.5, 0.6) is 5.75 Å². The summed E-state index contributed by atoms with van der Waals surface area (Å²) in [5.74, 6) is 0.599. The first-order valence-corrected chi connectivity index (χ1v) is 6.26. The third-order valence-electron chi connectivity index (χ3n) is 2.70. The lowest BCUT2D eigenvalue weighted by Crippen LogP contribution is -2.31. The molecule has 6 heteroatoms. The first-order chi connectivity index (χ1) is 8.70. The van der Waals surface area contributed by atoms with E-state index in [0.717, 1.165) is 6.42 Å². The number of halogens is 1. The highest BCUT2D eigenvalue weighted by Gasteiger charge is 2.28. The summed E-state index contributed by atoms with van der Waals surface area (Å²) in [5.41, 5.74) is 0. The van der Waals surface area contributed by atoms with Crippen LogP contribution >= 0.6 is 11.6 Å². The molecule has 0 N–H and O–H groups in total. The fourth-order valence-electron chi connectivity index (χ4n) is 1.84. The van der Waals surface area contributed by atoms with Crippen LogP contribution in [0.4, 0.5) is 4.79 Å². The summed E-state index contributed by atoms with van der Waals surface area (Å²) >= 11 is 5.96. The maximum absolute atomic E-state index is 11.5. The molecular formula is C12H15ClN2O3. The van der Waals surface area contributed by atoms with Crippen molar-refractivity contribution in [2.45, 2.75) is 19.4 Å². The van der Waals surface area contributed by atoms with Gasteiger partial charge in [-0.2, -0.15) is 0 Å². The molecule has 0 aliphatic carbocycles. The predicted octanol–water partition coefficient (Wildman–Crippen LogP) is 2.34. The molecule has 0 saturated carbocycles. The van der Waals surface area contributed by atoms with E-state index in [9.17, 15) is 4.79 Å². The van der Waals surface area contributed by atoms with Crippen molar-refractivity contribution < 1.29 is 14.3 Å². The molecule has 0 aromatic carbocycles. The van der Waals surface area contributed by atoms with Gasteiger partial charge in [-0.3, -0.25) is 4.98 Å². The lowest BCUT2D eigenvalue weighted by Gasteiger charge is -2.16. The molecule has 1 saturated heterocycles. The molecule has 98 valence electrons. The number of aromatic nitrogens is 1. The largest absolute Gasteiger partial charge is 0.487 e. The first kappa shape index (κ1) is 13.0. The summed E-state index contributed by atoms with van der Waals surface area (Å²) in [7, 11) is 0. The molecule has 18 heavy (non-hydrogen) atoms. The molecule has 0 bridgehead atoms. The number of nitrogens with zero attached hydrogens (tertiary/aromatic N) is 2. The van der Waals surface area contributed by atoms with E-state index in [0.29, 0.717) is 30.5 Å². The Kier molecular flexibility index (Phi) is 4.25. The Labute approximate surface area is 111 Å². The van der Waals surface area contributed by atoms with E-state index in [1.807, 2.05) is 0 Å². The zero-order chi connectivity index (χ0) is 13.0. The number of ether oxygens (including phenoxy) is 2. The van der Waals surface area contributed by atoms with Crippen LogP contribution in [-0.2, 0) is 4.74 Å². The third kappa shape index (κ3) is 3.04. The lowest BCUT2D eigenvalue weighted by molar-refractivity contribution is 0.110. The van der Waals surface area contributed by atoms with Gasteiger partial charge in [0.2, 0.25) is 0 Å². The van der Waals surface area contributed by atoms with Gasteiger partial charge in [0, 0.05) is 31.4 Å². The van der Waals surface area contributed by atoms with Crippen molar-refractivity contribution in [2.75, 3.05) is 19.7 Å². The van der Waals surface area contributed by atoms with Crippen LogP contribution in [0.1, 0.15) is 13.3 Å². The summed E-state index contributed by atoms with van der Waals surface area (Å²) in [5, 5.41) is 0.479. The fourth-order valence-corrected chi connectivity index (χ4v) is 2.01. The van der Waals surface area contributed by atoms with Gasteiger partial charge in [0.15, 0.2) is 0 Å². The van der Waals surface area contributed by atoms with E-state index < -0.39 is 0 Å². The van der Waals surface area contributed by atoms with Gasteiger partial charge < -0.3 is 14.4 Å². The topological polar surface area (TPSA) is 51.7 Å². The minimum atomic E-state index is -0.288. The maximum atomic E-state index is 11.5.